The van der Waals surface area contributed by atoms with Crippen molar-refractivity contribution in [1.29, 1.82) is 0 Å². The van der Waals surface area contributed by atoms with E-state index in [1.807, 2.05) is 18.3 Å². The lowest BCUT2D eigenvalue weighted by Gasteiger charge is -2.05. The van der Waals surface area contributed by atoms with Gasteiger partial charge in [0.1, 0.15) is 0 Å². The lowest BCUT2D eigenvalue weighted by Crippen LogP contribution is -1.92. The van der Waals surface area contributed by atoms with Gasteiger partial charge in [-0.2, -0.15) is 0 Å². The van der Waals surface area contributed by atoms with E-state index in [0.29, 0.717) is 0 Å². The van der Waals surface area contributed by atoms with E-state index in [9.17, 15) is 0 Å². The highest BCUT2D eigenvalue weighted by Crippen LogP contribution is 2.25. The SMILES string of the molecule is Clc1ccc(CCc2ccc3c(c2)CC=N3)cc1. The summed E-state index contributed by atoms with van der Waals surface area (Å²) in [5.41, 5.74) is 5.19. The maximum Gasteiger partial charge on any atom is 0.0661 e. The highest BCUT2D eigenvalue weighted by molar-refractivity contribution is 6.30. The van der Waals surface area contributed by atoms with E-state index in [-0.39, 0.29) is 0 Å². The first-order valence-corrected chi connectivity index (χ1v) is 6.58. The first-order valence-electron chi connectivity index (χ1n) is 6.20. The molecule has 2 aromatic rings. The average molecular weight is 256 g/mol. The minimum atomic E-state index is 0.799. The summed E-state index contributed by atoms with van der Waals surface area (Å²) < 4.78 is 0. The zero-order chi connectivity index (χ0) is 12.4. The zero-order valence-corrected chi connectivity index (χ0v) is 10.8. The summed E-state index contributed by atoms with van der Waals surface area (Å²) in [7, 11) is 0. The second kappa shape index (κ2) is 4.95. The average Bonchev–Trinajstić information content (AvgIpc) is 2.85. The molecule has 0 saturated heterocycles. The van der Waals surface area contributed by atoms with Gasteiger partial charge in [0.05, 0.1) is 5.69 Å². The molecule has 0 aliphatic carbocycles. The van der Waals surface area contributed by atoms with Crippen LogP contribution in [0.15, 0.2) is 47.5 Å². The van der Waals surface area contributed by atoms with E-state index < -0.39 is 0 Å². The number of hydrogen-bond acceptors (Lipinski definition) is 1. The third-order valence-corrected chi connectivity index (χ3v) is 3.55. The van der Waals surface area contributed by atoms with Crippen LogP contribution in [0.4, 0.5) is 5.69 Å². The van der Waals surface area contributed by atoms with Gasteiger partial charge in [-0.05, 0) is 47.7 Å². The molecule has 90 valence electrons. The molecule has 0 saturated carbocycles. The zero-order valence-electron chi connectivity index (χ0n) is 10.1. The molecule has 0 atom stereocenters. The normalized spacial score (nSPS) is 12.7. The van der Waals surface area contributed by atoms with Crippen molar-refractivity contribution < 1.29 is 0 Å². The van der Waals surface area contributed by atoms with Crippen LogP contribution in [0.1, 0.15) is 16.7 Å². The van der Waals surface area contributed by atoms with Crippen molar-refractivity contribution in [3.8, 4) is 0 Å². The molecule has 0 radical (unpaired) electrons. The molecule has 0 N–H and O–H groups in total. The van der Waals surface area contributed by atoms with Gasteiger partial charge in [0, 0.05) is 17.7 Å². The van der Waals surface area contributed by atoms with Crippen molar-refractivity contribution in [2.75, 3.05) is 0 Å². The summed E-state index contributed by atoms with van der Waals surface area (Å²) in [6.07, 6.45) is 5.07. The predicted octanol–water partition coefficient (Wildman–Crippen LogP) is 4.38. The Hall–Kier alpha value is -1.60. The van der Waals surface area contributed by atoms with Crippen LogP contribution in [0.3, 0.4) is 0 Å². The number of nitrogens with zero attached hydrogens (tertiary/aromatic N) is 1. The van der Waals surface area contributed by atoms with E-state index in [2.05, 4.69) is 35.3 Å². The molecule has 3 rings (SSSR count). The van der Waals surface area contributed by atoms with Gasteiger partial charge in [-0.3, -0.25) is 4.99 Å². The minimum absolute atomic E-state index is 0.799. The summed E-state index contributed by atoms with van der Waals surface area (Å²) in [5, 5.41) is 0.799. The van der Waals surface area contributed by atoms with Crippen LogP contribution in [0, 0.1) is 0 Å². The fourth-order valence-electron chi connectivity index (χ4n) is 2.27. The van der Waals surface area contributed by atoms with Gasteiger partial charge in [0.25, 0.3) is 0 Å². The first kappa shape index (κ1) is 11.5. The molecule has 2 heteroatoms. The smallest absolute Gasteiger partial charge is 0.0661 e. The lowest BCUT2D eigenvalue weighted by atomic mass is 10.0. The van der Waals surface area contributed by atoms with E-state index in [1.165, 1.54) is 16.7 Å². The molecule has 1 aliphatic rings. The fourth-order valence-corrected chi connectivity index (χ4v) is 2.39. The van der Waals surface area contributed by atoms with Crippen LogP contribution in [0.2, 0.25) is 5.02 Å². The second-order valence-corrected chi connectivity index (χ2v) is 5.04. The second-order valence-electron chi connectivity index (χ2n) is 4.61. The molecule has 2 aromatic carbocycles. The van der Waals surface area contributed by atoms with Gasteiger partial charge < -0.3 is 0 Å². The van der Waals surface area contributed by atoms with Crippen molar-refractivity contribution >= 4 is 23.5 Å². The highest BCUT2D eigenvalue weighted by Gasteiger charge is 2.06. The van der Waals surface area contributed by atoms with Gasteiger partial charge in [-0.15, -0.1) is 0 Å². The van der Waals surface area contributed by atoms with Crippen LogP contribution < -0.4 is 0 Å². The summed E-state index contributed by atoms with van der Waals surface area (Å²) in [6, 6.07) is 14.7. The molecular formula is C16H14ClN. The van der Waals surface area contributed by atoms with Gasteiger partial charge >= 0.3 is 0 Å². The van der Waals surface area contributed by atoms with E-state index >= 15 is 0 Å². The number of fused-ring (bicyclic) bond motifs is 1. The summed E-state index contributed by atoms with van der Waals surface area (Å²) in [6.45, 7) is 0. The Labute approximate surface area is 112 Å². The largest absolute Gasteiger partial charge is 0.261 e. The number of halogens is 1. The summed E-state index contributed by atoms with van der Waals surface area (Å²) >= 11 is 5.88. The maximum absolute atomic E-state index is 5.88. The monoisotopic (exact) mass is 255 g/mol. The number of aliphatic imine (C=N–C) groups is 1. The van der Waals surface area contributed by atoms with Crippen LogP contribution in [0.25, 0.3) is 0 Å². The maximum atomic E-state index is 5.88. The summed E-state index contributed by atoms with van der Waals surface area (Å²) in [4.78, 5) is 4.33. The van der Waals surface area contributed by atoms with Crippen molar-refractivity contribution in [3.05, 3.63) is 64.2 Å². The van der Waals surface area contributed by atoms with Gasteiger partial charge in [-0.25, -0.2) is 0 Å². The Bertz CT molecular complexity index is 585. The fraction of sp³-hybridized carbons (Fsp3) is 0.188. The van der Waals surface area contributed by atoms with Crippen molar-refractivity contribution in [2.45, 2.75) is 19.3 Å². The number of benzene rings is 2. The Kier molecular flexibility index (Phi) is 3.16. The number of hydrogen-bond donors (Lipinski definition) is 0. The van der Waals surface area contributed by atoms with Gasteiger partial charge in [-0.1, -0.05) is 35.9 Å². The quantitative estimate of drug-likeness (QED) is 0.772. The predicted molar refractivity (Wildman–Crippen MR) is 77.2 cm³/mol. The number of aryl methyl sites for hydroxylation is 2. The standard InChI is InChI=1S/C16H14ClN/c17-15-6-3-12(4-7-15)1-2-13-5-8-16-14(11-13)9-10-18-16/h3-8,10-11H,1-2,9H2. The summed E-state index contributed by atoms with van der Waals surface area (Å²) in [5.74, 6) is 0. The Balaban J connectivity index is 1.68. The van der Waals surface area contributed by atoms with Crippen LogP contribution >= 0.6 is 11.6 Å². The molecule has 1 heterocycles. The molecule has 18 heavy (non-hydrogen) atoms. The minimum Gasteiger partial charge on any atom is -0.261 e. The Morgan fingerprint density at radius 1 is 0.944 bits per heavy atom. The van der Waals surface area contributed by atoms with Crippen molar-refractivity contribution in [2.24, 2.45) is 4.99 Å². The van der Waals surface area contributed by atoms with Crippen molar-refractivity contribution in [1.82, 2.24) is 0 Å². The van der Waals surface area contributed by atoms with Gasteiger partial charge in [0.2, 0.25) is 0 Å². The van der Waals surface area contributed by atoms with E-state index in [0.717, 1.165) is 30.0 Å². The van der Waals surface area contributed by atoms with Crippen LogP contribution in [-0.2, 0) is 19.3 Å². The molecule has 1 nitrogen and oxygen atoms in total. The van der Waals surface area contributed by atoms with Crippen LogP contribution in [-0.4, -0.2) is 6.21 Å². The molecule has 0 amide bonds. The molecule has 0 fully saturated rings. The number of rotatable bonds is 3. The topological polar surface area (TPSA) is 12.4 Å². The Morgan fingerprint density at radius 2 is 1.67 bits per heavy atom. The van der Waals surface area contributed by atoms with E-state index in [1.54, 1.807) is 0 Å². The highest BCUT2D eigenvalue weighted by atomic mass is 35.5. The molecule has 0 bridgehead atoms. The Morgan fingerprint density at radius 3 is 2.50 bits per heavy atom. The molecule has 0 unspecified atom stereocenters. The third-order valence-electron chi connectivity index (χ3n) is 3.30. The van der Waals surface area contributed by atoms with Crippen molar-refractivity contribution in [3.63, 3.8) is 0 Å². The molecule has 0 spiro atoms. The molecular weight excluding hydrogens is 242 g/mol. The third kappa shape index (κ3) is 2.46. The molecule has 1 aliphatic heterocycles. The molecule has 0 aromatic heterocycles. The van der Waals surface area contributed by atoms with E-state index in [4.69, 9.17) is 11.6 Å². The first-order chi connectivity index (χ1) is 8.81. The van der Waals surface area contributed by atoms with Gasteiger partial charge in [0.15, 0.2) is 0 Å². The van der Waals surface area contributed by atoms with Crippen LogP contribution in [0.5, 0.6) is 0 Å². The lowest BCUT2D eigenvalue weighted by molar-refractivity contribution is 0.958.